The van der Waals surface area contributed by atoms with Crippen molar-refractivity contribution in [2.45, 2.75) is 24.8 Å². The summed E-state index contributed by atoms with van der Waals surface area (Å²) in [5.41, 5.74) is 4.16. The Morgan fingerprint density at radius 1 is 1.20 bits per heavy atom. The van der Waals surface area contributed by atoms with E-state index in [1.807, 2.05) is 32.0 Å². The lowest BCUT2D eigenvalue weighted by molar-refractivity contribution is 0.407. The molecular formula is C17H19MgN3O3S. The highest BCUT2D eigenvalue weighted by Crippen LogP contribution is 2.27. The van der Waals surface area contributed by atoms with Crippen molar-refractivity contribution in [3.63, 3.8) is 0 Å². The molecule has 0 fully saturated rings. The summed E-state index contributed by atoms with van der Waals surface area (Å²) in [7, 11) is 3.23. The molecule has 0 spiro atoms. The number of ether oxygens (including phenoxy) is 2. The standard InChI is InChI=1S/C17H19N3O3S.Mg/c1-10-8-18-15(11(2)16(10)23-4)9-24(21)17-19-13-6-5-12(22-3)7-14(13)20-17;/h5-8H,9H2,1-4H3,(H,19,20);/t24-;/m0./s1. The van der Waals surface area contributed by atoms with Crippen LogP contribution in [0.25, 0.3) is 11.0 Å². The molecule has 8 heteroatoms. The van der Waals surface area contributed by atoms with Gasteiger partial charge in [0, 0.05) is 57.6 Å². The zero-order valence-corrected chi connectivity index (χ0v) is 17.0. The second kappa shape index (κ2) is 8.26. The maximum absolute atomic E-state index is 12.7. The van der Waals surface area contributed by atoms with Crippen LogP contribution in [-0.2, 0) is 16.9 Å². The number of aromatic nitrogens is 3. The summed E-state index contributed by atoms with van der Waals surface area (Å²) in [4.78, 5) is 11.9. The molecular weight excluding hydrogens is 351 g/mol. The number of pyridine rings is 1. The summed E-state index contributed by atoms with van der Waals surface area (Å²) < 4.78 is 23.3. The van der Waals surface area contributed by atoms with Crippen LogP contribution in [0.3, 0.4) is 0 Å². The van der Waals surface area contributed by atoms with Crippen LogP contribution < -0.4 is 9.47 Å². The van der Waals surface area contributed by atoms with Crippen LogP contribution in [0, 0.1) is 13.8 Å². The van der Waals surface area contributed by atoms with Crippen LogP contribution in [0.2, 0.25) is 0 Å². The average Bonchev–Trinajstić information content (AvgIpc) is 3.01. The minimum Gasteiger partial charge on any atom is -0.609 e. The summed E-state index contributed by atoms with van der Waals surface area (Å²) in [5.74, 6) is 1.79. The van der Waals surface area contributed by atoms with Gasteiger partial charge in [-0.1, -0.05) is 0 Å². The molecule has 6 nitrogen and oxygen atoms in total. The quantitative estimate of drug-likeness (QED) is 0.552. The summed E-state index contributed by atoms with van der Waals surface area (Å²) in [6.45, 7) is 3.86. The van der Waals surface area contributed by atoms with Crippen molar-refractivity contribution in [3.8, 4) is 11.5 Å². The third-order valence-electron chi connectivity index (χ3n) is 3.90. The van der Waals surface area contributed by atoms with Crippen LogP contribution in [0.1, 0.15) is 16.8 Å². The Kier molecular flexibility index (Phi) is 6.56. The van der Waals surface area contributed by atoms with E-state index in [0.29, 0.717) is 5.16 Å². The minimum absolute atomic E-state index is 0. The predicted octanol–water partition coefficient (Wildman–Crippen LogP) is 2.52. The number of aromatic amines is 1. The van der Waals surface area contributed by atoms with E-state index in [1.54, 1.807) is 20.4 Å². The van der Waals surface area contributed by atoms with Gasteiger partial charge >= 0.3 is 5.16 Å². The number of methoxy groups -OCH3 is 2. The molecule has 128 valence electrons. The van der Waals surface area contributed by atoms with Gasteiger partial charge in [-0.05, 0) is 26.0 Å². The molecule has 0 bridgehead atoms. The molecule has 0 aliphatic carbocycles. The average molecular weight is 370 g/mol. The third-order valence-corrected chi connectivity index (χ3v) is 5.06. The Morgan fingerprint density at radius 2 is 1.96 bits per heavy atom. The number of H-pyrrole nitrogens is 1. The number of benzene rings is 1. The SMILES string of the molecule is COc1ccc2nc([S@@+]([O-])Cc3ncc(C)c(OC)c3C)[nH]c2c1.[Mg]. The first-order valence-corrected chi connectivity index (χ1v) is 8.76. The lowest BCUT2D eigenvalue weighted by Crippen LogP contribution is -2.10. The Balaban J connectivity index is 0.00000225. The summed E-state index contributed by atoms with van der Waals surface area (Å²) in [6, 6.07) is 5.50. The van der Waals surface area contributed by atoms with Crippen LogP contribution in [0.5, 0.6) is 11.5 Å². The first-order valence-electron chi connectivity index (χ1n) is 7.44. The second-order valence-electron chi connectivity index (χ2n) is 5.46. The molecule has 0 saturated carbocycles. The molecule has 0 unspecified atom stereocenters. The van der Waals surface area contributed by atoms with Crippen molar-refractivity contribution in [2.24, 2.45) is 0 Å². The van der Waals surface area contributed by atoms with Gasteiger partial charge in [-0.15, -0.1) is 0 Å². The molecule has 0 saturated heterocycles. The number of rotatable bonds is 5. The van der Waals surface area contributed by atoms with Gasteiger partial charge in [-0.3, -0.25) is 9.97 Å². The molecule has 2 aromatic heterocycles. The highest BCUT2D eigenvalue weighted by molar-refractivity contribution is 7.90. The van der Waals surface area contributed by atoms with Crippen molar-refractivity contribution in [1.29, 1.82) is 0 Å². The van der Waals surface area contributed by atoms with E-state index in [-0.39, 0.29) is 28.8 Å². The van der Waals surface area contributed by atoms with Gasteiger partial charge in [0.2, 0.25) is 0 Å². The highest BCUT2D eigenvalue weighted by atomic mass is 32.2. The van der Waals surface area contributed by atoms with Gasteiger partial charge in [0.15, 0.2) is 5.75 Å². The van der Waals surface area contributed by atoms with Gasteiger partial charge in [0.05, 0.1) is 30.9 Å². The molecule has 3 rings (SSSR count). The second-order valence-corrected chi connectivity index (χ2v) is 6.83. The number of aryl methyl sites for hydroxylation is 1. The van der Waals surface area contributed by atoms with E-state index in [2.05, 4.69) is 15.0 Å². The van der Waals surface area contributed by atoms with Crippen molar-refractivity contribution >= 4 is 45.3 Å². The van der Waals surface area contributed by atoms with Gasteiger partial charge < -0.3 is 14.0 Å². The summed E-state index contributed by atoms with van der Waals surface area (Å²) in [5, 5.41) is 0.430. The van der Waals surface area contributed by atoms with Crippen molar-refractivity contribution < 1.29 is 14.0 Å². The van der Waals surface area contributed by atoms with Crippen molar-refractivity contribution in [2.75, 3.05) is 14.2 Å². The highest BCUT2D eigenvalue weighted by Gasteiger charge is 2.21. The lowest BCUT2D eigenvalue weighted by Gasteiger charge is -2.13. The van der Waals surface area contributed by atoms with Crippen LogP contribution in [0.4, 0.5) is 0 Å². The molecule has 2 radical (unpaired) electrons. The molecule has 1 N–H and O–H groups in total. The zero-order valence-electron chi connectivity index (χ0n) is 14.8. The maximum Gasteiger partial charge on any atom is 0.322 e. The number of nitrogens with one attached hydrogen (secondary N) is 1. The molecule has 0 aliphatic heterocycles. The summed E-state index contributed by atoms with van der Waals surface area (Å²) >= 11 is -1.33. The van der Waals surface area contributed by atoms with Gasteiger partial charge in [-0.25, -0.2) is 0 Å². The van der Waals surface area contributed by atoms with Gasteiger partial charge in [0.25, 0.3) is 0 Å². The fourth-order valence-electron chi connectivity index (χ4n) is 2.61. The number of imidazole rings is 1. The Morgan fingerprint density at radius 3 is 2.64 bits per heavy atom. The smallest absolute Gasteiger partial charge is 0.322 e. The van der Waals surface area contributed by atoms with Crippen LogP contribution >= 0.6 is 0 Å². The number of fused-ring (bicyclic) bond motifs is 1. The van der Waals surface area contributed by atoms with Crippen LogP contribution in [0.15, 0.2) is 29.6 Å². The Labute approximate surface area is 165 Å². The topological polar surface area (TPSA) is 83.1 Å². The zero-order chi connectivity index (χ0) is 17.3. The van der Waals surface area contributed by atoms with Crippen molar-refractivity contribution in [3.05, 3.63) is 41.2 Å². The van der Waals surface area contributed by atoms with E-state index in [9.17, 15) is 4.55 Å². The predicted molar refractivity (Wildman–Crippen MR) is 98.8 cm³/mol. The number of hydrogen-bond donors (Lipinski definition) is 1. The maximum atomic E-state index is 12.7. The third kappa shape index (κ3) is 4.03. The number of nitrogens with zero attached hydrogens (tertiary/aromatic N) is 2. The molecule has 25 heavy (non-hydrogen) atoms. The van der Waals surface area contributed by atoms with Gasteiger partial charge in [-0.2, -0.15) is 4.98 Å². The van der Waals surface area contributed by atoms with E-state index in [0.717, 1.165) is 39.4 Å². The van der Waals surface area contributed by atoms with Gasteiger partial charge in [0.1, 0.15) is 11.5 Å². The minimum atomic E-state index is -1.33. The lowest BCUT2D eigenvalue weighted by atomic mass is 10.1. The van der Waals surface area contributed by atoms with E-state index in [4.69, 9.17) is 9.47 Å². The number of hydrogen-bond acceptors (Lipinski definition) is 5. The van der Waals surface area contributed by atoms with Crippen LogP contribution in [-0.4, -0.2) is 56.8 Å². The molecule has 1 atom stereocenters. The fraction of sp³-hybridized carbons (Fsp3) is 0.294. The molecule has 0 aliphatic rings. The molecule has 0 amide bonds. The van der Waals surface area contributed by atoms with E-state index < -0.39 is 11.2 Å². The van der Waals surface area contributed by atoms with Crippen molar-refractivity contribution in [1.82, 2.24) is 15.0 Å². The van der Waals surface area contributed by atoms with E-state index >= 15 is 0 Å². The molecule has 1 aromatic carbocycles. The molecule has 3 aromatic rings. The summed E-state index contributed by atoms with van der Waals surface area (Å²) in [6.07, 6.45) is 1.74. The molecule has 2 heterocycles. The monoisotopic (exact) mass is 369 g/mol. The Bertz CT molecular complexity index is 885. The largest absolute Gasteiger partial charge is 0.609 e. The Hall–Kier alpha value is -1.48. The first-order chi connectivity index (χ1) is 11.5. The van der Waals surface area contributed by atoms with E-state index in [1.165, 1.54) is 0 Å². The first kappa shape index (κ1) is 19.8. The normalized spacial score (nSPS) is 11.9. The fourth-order valence-corrected chi connectivity index (χ4v) is 3.71.